The molecule has 0 aromatic heterocycles. The molecule has 5 amide bonds. The third kappa shape index (κ3) is 2.95. The van der Waals surface area contributed by atoms with Gasteiger partial charge in [-0.3, -0.25) is 19.3 Å². The predicted molar refractivity (Wildman–Crippen MR) is 97.3 cm³/mol. The maximum absolute atomic E-state index is 12.6. The first-order valence-corrected chi connectivity index (χ1v) is 10.2. The van der Waals surface area contributed by atoms with Gasteiger partial charge in [0.25, 0.3) is 0 Å². The van der Waals surface area contributed by atoms with Crippen LogP contribution in [0.1, 0.15) is 59.3 Å². The van der Waals surface area contributed by atoms with Crippen molar-refractivity contribution in [2.24, 2.45) is 23.2 Å². The highest BCUT2D eigenvalue weighted by Crippen LogP contribution is 2.61. The van der Waals surface area contributed by atoms with Crippen LogP contribution in [-0.2, 0) is 14.4 Å². The van der Waals surface area contributed by atoms with E-state index in [-0.39, 0.29) is 23.9 Å². The van der Waals surface area contributed by atoms with Gasteiger partial charge in [0, 0.05) is 12.1 Å². The van der Waals surface area contributed by atoms with Crippen LogP contribution in [0.15, 0.2) is 0 Å². The summed E-state index contributed by atoms with van der Waals surface area (Å²) in [5.74, 6) is 0.236. The highest BCUT2D eigenvalue weighted by Gasteiger charge is 2.53. The van der Waals surface area contributed by atoms with Crippen LogP contribution >= 0.6 is 0 Å². The number of nitrogens with zero attached hydrogens (tertiary/aromatic N) is 2. The van der Waals surface area contributed by atoms with Crippen molar-refractivity contribution in [3.8, 4) is 0 Å². The summed E-state index contributed by atoms with van der Waals surface area (Å²) in [5, 5.41) is 3.05. The van der Waals surface area contributed by atoms with E-state index >= 15 is 0 Å². The lowest BCUT2D eigenvalue weighted by atomic mass is 9.48. The van der Waals surface area contributed by atoms with E-state index in [9.17, 15) is 19.2 Å². The predicted octanol–water partition coefficient (Wildman–Crippen LogP) is 1.91. The summed E-state index contributed by atoms with van der Waals surface area (Å²) in [4.78, 5) is 50.7. The Kier molecular flexibility index (Phi) is 4.31. The van der Waals surface area contributed by atoms with Crippen LogP contribution in [0, 0.1) is 23.2 Å². The van der Waals surface area contributed by atoms with Gasteiger partial charge in [-0.15, -0.1) is 0 Å². The molecule has 4 bridgehead atoms. The second-order valence-corrected chi connectivity index (χ2v) is 9.51. The molecule has 5 fully saturated rings. The van der Waals surface area contributed by atoms with E-state index in [0.29, 0.717) is 0 Å². The molecule has 0 spiro atoms. The van der Waals surface area contributed by atoms with Gasteiger partial charge in [0.2, 0.25) is 5.91 Å². The van der Waals surface area contributed by atoms with E-state index in [1.54, 1.807) is 13.8 Å². The smallest absolute Gasteiger partial charge is 0.334 e. The number of urea groups is 1. The fraction of sp³-hybridized carbons (Fsp3) is 0.800. The fourth-order valence-electron chi connectivity index (χ4n) is 6.41. The van der Waals surface area contributed by atoms with E-state index in [0.717, 1.165) is 27.6 Å². The molecular weight excluding hydrogens is 346 g/mol. The van der Waals surface area contributed by atoms with E-state index < -0.39 is 23.9 Å². The van der Waals surface area contributed by atoms with E-state index in [4.69, 9.17) is 0 Å². The minimum absolute atomic E-state index is 0.0168. The molecule has 7 nitrogen and oxygen atoms in total. The van der Waals surface area contributed by atoms with Crippen LogP contribution in [0.5, 0.6) is 0 Å². The lowest BCUT2D eigenvalue weighted by Gasteiger charge is -2.59. The number of hydrogen-bond donors (Lipinski definition) is 1. The monoisotopic (exact) mass is 375 g/mol. The van der Waals surface area contributed by atoms with Gasteiger partial charge in [-0.2, -0.15) is 0 Å². The van der Waals surface area contributed by atoms with E-state index in [1.165, 1.54) is 38.5 Å². The molecule has 1 heterocycles. The molecule has 27 heavy (non-hydrogen) atoms. The van der Waals surface area contributed by atoms with Crippen molar-refractivity contribution in [2.45, 2.75) is 71.4 Å². The van der Waals surface area contributed by atoms with Gasteiger partial charge in [-0.1, -0.05) is 0 Å². The third-order valence-electron chi connectivity index (χ3n) is 7.28. The van der Waals surface area contributed by atoms with E-state index in [1.807, 2.05) is 0 Å². The Morgan fingerprint density at radius 2 is 1.52 bits per heavy atom. The quantitative estimate of drug-likeness (QED) is 0.587. The summed E-state index contributed by atoms with van der Waals surface area (Å²) >= 11 is 0. The average Bonchev–Trinajstić information content (AvgIpc) is 2.77. The first-order chi connectivity index (χ1) is 12.7. The highest BCUT2D eigenvalue weighted by atomic mass is 16.2. The third-order valence-corrected chi connectivity index (χ3v) is 7.28. The number of amides is 5. The molecule has 7 heteroatoms. The van der Waals surface area contributed by atoms with Crippen molar-refractivity contribution >= 4 is 23.8 Å². The van der Waals surface area contributed by atoms with Crippen molar-refractivity contribution < 1.29 is 19.2 Å². The van der Waals surface area contributed by atoms with Crippen molar-refractivity contribution in [2.75, 3.05) is 6.54 Å². The summed E-state index contributed by atoms with van der Waals surface area (Å²) in [5.41, 5.74) is 0.156. The van der Waals surface area contributed by atoms with E-state index in [2.05, 4.69) is 12.2 Å². The van der Waals surface area contributed by atoms with Gasteiger partial charge in [0.1, 0.15) is 6.54 Å². The molecule has 5 aliphatic rings. The molecule has 4 saturated carbocycles. The Morgan fingerprint density at radius 1 is 1.00 bits per heavy atom. The van der Waals surface area contributed by atoms with Crippen molar-refractivity contribution in [1.29, 1.82) is 0 Å². The van der Waals surface area contributed by atoms with Gasteiger partial charge >= 0.3 is 17.8 Å². The number of carbonyl (C=O) groups is 4. The van der Waals surface area contributed by atoms with Crippen LogP contribution in [0.2, 0.25) is 0 Å². The summed E-state index contributed by atoms with van der Waals surface area (Å²) < 4.78 is 0. The first kappa shape index (κ1) is 18.4. The summed E-state index contributed by atoms with van der Waals surface area (Å²) in [6, 6.07) is -1.09. The Balaban J connectivity index is 1.40. The summed E-state index contributed by atoms with van der Waals surface area (Å²) in [6.07, 6.45) is 7.52. The van der Waals surface area contributed by atoms with Crippen LogP contribution in [-0.4, -0.2) is 52.2 Å². The molecule has 148 valence electrons. The zero-order valence-electron chi connectivity index (χ0n) is 16.4. The molecular formula is C20H29N3O4. The second kappa shape index (κ2) is 6.31. The fourth-order valence-corrected chi connectivity index (χ4v) is 6.41. The maximum Gasteiger partial charge on any atom is 0.334 e. The molecule has 1 atom stereocenters. The van der Waals surface area contributed by atoms with Crippen molar-refractivity contribution in [3.05, 3.63) is 0 Å². The molecule has 0 aromatic rings. The molecule has 1 N–H and O–H groups in total. The lowest BCUT2D eigenvalue weighted by molar-refractivity contribution is -0.144. The standard InChI is InChI=1S/C20H29N3O4/c1-11(2)23-18(26)17(25)22(19(23)27)10-16(24)21-12(3)20-7-13-4-14(8-20)6-15(5-13)9-20/h11-15H,4-10H2,1-3H3,(H,21,24)/t12-,13?,14?,15?,20?/m0/s1. The molecule has 0 aromatic carbocycles. The molecule has 5 rings (SSSR count). The number of hydrogen-bond acceptors (Lipinski definition) is 4. The van der Waals surface area contributed by atoms with Gasteiger partial charge in [-0.25, -0.2) is 9.69 Å². The minimum atomic E-state index is -0.911. The minimum Gasteiger partial charge on any atom is -0.352 e. The zero-order chi connectivity index (χ0) is 19.5. The highest BCUT2D eigenvalue weighted by molar-refractivity contribution is 6.45. The molecule has 0 unspecified atom stereocenters. The van der Waals surface area contributed by atoms with Crippen LogP contribution in [0.25, 0.3) is 0 Å². The van der Waals surface area contributed by atoms with Gasteiger partial charge in [0.05, 0.1) is 0 Å². The Bertz CT molecular complexity index is 666. The van der Waals surface area contributed by atoms with Crippen molar-refractivity contribution in [1.82, 2.24) is 15.1 Å². The Hall–Kier alpha value is -1.92. The van der Waals surface area contributed by atoms with Crippen LogP contribution in [0.3, 0.4) is 0 Å². The average molecular weight is 375 g/mol. The topological polar surface area (TPSA) is 86.8 Å². The Labute approximate surface area is 159 Å². The molecule has 1 aliphatic heterocycles. The molecule has 1 saturated heterocycles. The maximum atomic E-state index is 12.6. The lowest BCUT2D eigenvalue weighted by Crippen LogP contribution is -2.57. The zero-order valence-corrected chi connectivity index (χ0v) is 16.4. The van der Waals surface area contributed by atoms with Gasteiger partial charge in [-0.05, 0) is 82.5 Å². The number of carbonyl (C=O) groups excluding carboxylic acids is 4. The SMILES string of the molecule is CC(C)N1C(=O)C(=O)N(CC(=O)N[C@@H](C)C23CC4CC(CC(C4)C2)C3)C1=O. The van der Waals surface area contributed by atoms with Crippen molar-refractivity contribution in [3.63, 3.8) is 0 Å². The van der Waals surface area contributed by atoms with Crippen LogP contribution in [0.4, 0.5) is 4.79 Å². The second-order valence-electron chi connectivity index (χ2n) is 9.51. The number of nitrogens with one attached hydrogen (secondary N) is 1. The number of rotatable bonds is 5. The molecule has 4 aliphatic carbocycles. The number of imide groups is 2. The summed E-state index contributed by atoms with van der Waals surface area (Å²) in [6.45, 7) is 5.01. The Morgan fingerprint density at radius 3 is 1.96 bits per heavy atom. The van der Waals surface area contributed by atoms with Crippen LogP contribution < -0.4 is 5.32 Å². The first-order valence-electron chi connectivity index (χ1n) is 10.2. The summed E-state index contributed by atoms with van der Waals surface area (Å²) in [7, 11) is 0. The van der Waals surface area contributed by atoms with Gasteiger partial charge < -0.3 is 5.32 Å². The largest absolute Gasteiger partial charge is 0.352 e. The molecule has 0 radical (unpaired) electrons. The van der Waals surface area contributed by atoms with Gasteiger partial charge in [0.15, 0.2) is 0 Å². The normalized spacial score (nSPS) is 36.1.